The summed E-state index contributed by atoms with van der Waals surface area (Å²) in [7, 11) is 1.69. The normalized spacial score (nSPS) is 24.6. The Kier molecular flexibility index (Phi) is 4.39. The lowest BCUT2D eigenvalue weighted by Gasteiger charge is -2.27. The van der Waals surface area contributed by atoms with Gasteiger partial charge in [-0.25, -0.2) is 4.79 Å². The standard InChI is InChI=1S/C12H20N2O3/c1-16-8-10-2-5-14(6-3-10)12(15)13-11-4-7-17-9-11/h2,11H,3-9H2,1H3,(H,13,15). The molecule has 1 saturated heterocycles. The molecule has 0 radical (unpaired) electrons. The number of nitrogens with zero attached hydrogens (tertiary/aromatic N) is 1. The number of ether oxygens (including phenoxy) is 2. The predicted molar refractivity (Wildman–Crippen MR) is 63.9 cm³/mol. The van der Waals surface area contributed by atoms with Crippen LogP contribution in [0.2, 0.25) is 0 Å². The first-order valence-electron chi connectivity index (χ1n) is 6.09. The van der Waals surface area contributed by atoms with Gasteiger partial charge in [0.1, 0.15) is 0 Å². The number of urea groups is 1. The lowest BCUT2D eigenvalue weighted by Crippen LogP contribution is -2.46. The molecule has 2 amide bonds. The minimum Gasteiger partial charge on any atom is -0.380 e. The molecule has 2 rings (SSSR count). The summed E-state index contributed by atoms with van der Waals surface area (Å²) in [6.45, 7) is 3.52. The molecular weight excluding hydrogens is 220 g/mol. The zero-order chi connectivity index (χ0) is 12.1. The van der Waals surface area contributed by atoms with Crippen LogP contribution < -0.4 is 5.32 Å². The molecular formula is C12H20N2O3. The highest BCUT2D eigenvalue weighted by atomic mass is 16.5. The van der Waals surface area contributed by atoms with Gasteiger partial charge in [0, 0.05) is 26.8 Å². The summed E-state index contributed by atoms with van der Waals surface area (Å²) in [6.07, 6.45) is 3.91. The van der Waals surface area contributed by atoms with Crippen molar-refractivity contribution in [1.29, 1.82) is 0 Å². The van der Waals surface area contributed by atoms with E-state index in [0.717, 1.165) is 26.0 Å². The number of hydrogen-bond acceptors (Lipinski definition) is 3. The largest absolute Gasteiger partial charge is 0.380 e. The lowest BCUT2D eigenvalue weighted by atomic mass is 10.1. The summed E-state index contributed by atoms with van der Waals surface area (Å²) in [5, 5.41) is 3.00. The third kappa shape index (κ3) is 3.44. The van der Waals surface area contributed by atoms with Crippen molar-refractivity contribution in [2.45, 2.75) is 18.9 Å². The highest BCUT2D eigenvalue weighted by Crippen LogP contribution is 2.12. The summed E-state index contributed by atoms with van der Waals surface area (Å²) in [5.41, 5.74) is 1.28. The van der Waals surface area contributed by atoms with Crippen molar-refractivity contribution in [3.63, 3.8) is 0 Å². The first-order chi connectivity index (χ1) is 8.29. The van der Waals surface area contributed by atoms with Crippen molar-refractivity contribution in [2.24, 2.45) is 0 Å². The summed E-state index contributed by atoms with van der Waals surface area (Å²) < 4.78 is 10.3. The van der Waals surface area contributed by atoms with E-state index in [4.69, 9.17) is 9.47 Å². The van der Waals surface area contributed by atoms with Crippen LogP contribution in [0.15, 0.2) is 11.6 Å². The van der Waals surface area contributed by atoms with Crippen molar-refractivity contribution in [2.75, 3.05) is 40.0 Å². The molecule has 1 fully saturated rings. The molecule has 0 aliphatic carbocycles. The molecule has 2 aliphatic heterocycles. The van der Waals surface area contributed by atoms with Crippen LogP contribution in [0.5, 0.6) is 0 Å². The van der Waals surface area contributed by atoms with Gasteiger partial charge in [-0.15, -0.1) is 0 Å². The van der Waals surface area contributed by atoms with Gasteiger partial charge in [0.15, 0.2) is 0 Å². The zero-order valence-corrected chi connectivity index (χ0v) is 10.3. The Labute approximate surface area is 102 Å². The monoisotopic (exact) mass is 240 g/mol. The summed E-state index contributed by atoms with van der Waals surface area (Å²) in [6, 6.07) is 0.208. The van der Waals surface area contributed by atoms with Gasteiger partial charge in [0.2, 0.25) is 0 Å². The van der Waals surface area contributed by atoms with Gasteiger partial charge >= 0.3 is 6.03 Å². The van der Waals surface area contributed by atoms with Crippen LogP contribution in [0.4, 0.5) is 4.79 Å². The Hall–Kier alpha value is -1.07. The Bertz CT molecular complexity index is 298. The summed E-state index contributed by atoms with van der Waals surface area (Å²) in [4.78, 5) is 13.7. The van der Waals surface area contributed by atoms with Crippen LogP contribution in [0.25, 0.3) is 0 Å². The average Bonchev–Trinajstić information content (AvgIpc) is 2.83. The van der Waals surface area contributed by atoms with E-state index in [-0.39, 0.29) is 12.1 Å². The fourth-order valence-corrected chi connectivity index (χ4v) is 2.13. The third-order valence-corrected chi connectivity index (χ3v) is 3.18. The zero-order valence-electron chi connectivity index (χ0n) is 10.3. The van der Waals surface area contributed by atoms with Gasteiger partial charge in [-0.1, -0.05) is 6.08 Å². The van der Waals surface area contributed by atoms with Crippen LogP contribution >= 0.6 is 0 Å². The fraction of sp³-hybridized carbons (Fsp3) is 0.750. The third-order valence-electron chi connectivity index (χ3n) is 3.18. The van der Waals surface area contributed by atoms with E-state index in [1.165, 1.54) is 5.57 Å². The van der Waals surface area contributed by atoms with Gasteiger partial charge in [-0.05, 0) is 18.4 Å². The average molecular weight is 240 g/mol. The molecule has 1 unspecified atom stereocenters. The fourth-order valence-electron chi connectivity index (χ4n) is 2.13. The van der Waals surface area contributed by atoms with Crippen molar-refractivity contribution in [3.8, 4) is 0 Å². The molecule has 2 heterocycles. The smallest absolute Gasteiger partial charge is 0.317 e. The number of carbonyl (C=O) groups excluding carboxylic acids is 1. The van der Waals surface area contributed by atoms with Gasteiger partial charge in [-0.3, -0.25) is 0 Å². The number of methoxy groups -OCH3 is 1. The lowest BCUT2D eigenvalue weighted by molar-refractivity contribution is 0.177. The van der Waals surface area contributed by atoms with Crippen LogP contribution in [0.3, 0.4) is 0 Å². The van der Waals surface area contributed by atoms with Crippen LogP contribution in [0, 0.1) is 0 Å². The van der Waals surface area contributed by atoms with Gasteiger partial charge in [0.05, 0.1) is 19.3 Å². The Morgan fingerprint density at radius 2 is 2.59 bits per heavy atom. The van der Waals surface area contributed by atoms with Crippen LogP contribution in [0.1, 0.15) is 12.8 Å². The van der Waals surface area contributed by atoms with Gasteiger partial charge in [-0.2, -0.15) is 0 Å². The van der Waals surface area contributed by atoms with E-state index in [0.29, 0.717) is 19.8 Å². The minimum atomic E-state index is 0.0215. The highest BCUT2D eigenvalue weighted by Gasteiger charge is 2.22. The number of amides is 2. The molecule has 0 aromatic rings. The van der Waals surface area contributed by atoms with E-state index in [1.807, 2.05) is 4.90 Å². The second kappa shape index (κ2) is 6.02. The maximum Gasteiger partial charge on any atom is 0.317 e. The molecule has 0 saturated carbocycles. The summed E-state index contributed by atoms with van der Waals surface area (Å²) in [5.74, 6) is 0. The van der Waals surface area contributed by atoms with Crippen LogP contribution in [-0.2, 0) is 9.47 Å². The van der Waals surface area contributed by atoms with Crippen molar-refractivity contribution in [1.82, 2.24) is 10.2 Å². The van der Waals surface area contributed by atoms with E-state index < -0.39 is 0 Å². The molecule has 1 N–H and O–H groups in total. The predicted octanol–water partition coefficient (Wildman–Crippen LogP) is 0.763. The molecule has 1 atom stereocenters. The molecule has 5 nitrogen and oxygen atoms in total. The summed E-state index contributed by atoms with van der Waals surface area (Å²) >= 11 is 0. The maximum atomic E-state index is 11.9. The van der Waals surface area contributed by atoms with Crippen LogP contribution in [-0.4, -0.2) is 57.0 Å². The van der Waals surface area contributed by atoms with E-state index >= 15 is 0 Å². The molecule has 2 aliphatic rings. The Morgan fingerprint density at radius 3 is 3.18 bits per heavy atom. The second-order valence-corrected chi connectivity index (χ2v) is 4.50. The topological polar surface area (TPSA) is 50.8 Å². The number of rotatable bonds is 3. The van der Waals surface area contributed by atoms with Crippen molar-refractivity contribution >= 4 is 6.03 Å². The SMILES string of the molecule is COCC1=CCN(C(=O)NC2CCOC2)CC1. The van der Waals surface area contributed by atoms with Gasteiger partial charge in [0.25, 0.3) is 0 Å². The molecule has 96 valence electrons. The molecule has 0 aromatic carbocycles. The van der Waals surface area contributed by atoms with Crippen molar-refractivity contribution < 1.29 is 14.3 Å². The number of carbonyl (C=O) groups is 1. The van der Waals surface area contributed by atoms with Gasteiger partial charge < -0.3 is 19.7 Å². The second-order valence-electron chi connectivity index (χ2n) is 4.50. The highest BCUT2D eigenvalue weighted by molar-refractivity contribution is 5.75. The van der Waals surface area contributed by atoms with Crippen molar-refractivity contribution in [3.05, 3.63) is 11.6 Å². The number of nitrogens with one attached hydrogen (secondary N) is 1. The molecule has 5 heteroatoms. The Balaban J connectivity index is 1.77. The molecule has 0 bridgehead atoms. The number of hydrogen-bond donors (Lipinski definition) is 1. The Morgan fingerprint density at radius 1 is 1.71 bits per heavy atom. The first kappa shape index (κ1) is 12.4. The van der Waals surface area contributed by atoms with E-state index in [1.54, 1.807) is 7.11 Å². The molecule has 17 heavy (non-hydrogen) atoms. The quantitative estimate of drug-likeness (QED) is 0.741. The molecule has 0 spiro atoms. The first-order valence-corrected chi connectivity index (χ1v) is 6.09. The minimum absolute atomic E-state index is 0.0215. The van der Waals surface area contributed by atoms with E-state index in [2.05, 4.69) is 11.4 Å². The maximum absolute atomic E-state index is 11.9. The van der Waals surface area contributed by atoms with E-state index in [9.17, 15) is 4.79 Å². The molecule has 0 aromatic heterocycles.